The fraction of sp³-hybridized carbons (Fsp3) is 0.478. The van der Waals surface area contributed by atoms with Gasteiger partial charge in [-0.25, -0.2) is 4.79 Å². The van der Waals surface area contributed by atoms with E-state index in [1.165, 1.54) is 6.92 Å². The number of aromatic amines is 1. The Balaban J connectivity index is 1.59. The lowest BCUT2D eigenvalue weighted by Crippen LogP contribution is -2.62. The Morgan fingerprint density at radius 3 is 2.66 bits per heavy atom. The second-order valence-electron chi connectivity index (χ2n) is 8.11. The van der Waals surface area contributed by atoms with Crippen molar-refractivity contribution < 1.29 is 23.9 Å². The van der Waals surface area contributed by atoms with Gasteiger partial charge in [-0.15, -0.1) is 0 Å². The second-order valence-corrected chi connectivity index (χ2v) is 8.11. The van der Waals surface area contributed by atoms with Crippen LogP contribution in [0.1, 0.15) is 45.1 Å². The predicted octanol–water partition coefficient (Wildman–Crippen LogP) is 1.32. The number of amides is 3. The van der Waals surface area contributed by atoms with Crippen molar-refractivity contribution in [3.05, 3.63) is 36.0 Å². The first-order chi connectivity index (χ1) is 15.3. The zero-order valence-corrected chi connectivity index (χ0v) is 18.4. The first-order valence-corrected chi connectivity index (χ1v) is 10.9. The SMILES string of the molecule is CC(=O)NCCCCCC(=O)N[C@@H](Cc1c[nH]c2ccccc12)C(=O)N[C@@H]1C(=O)O[C@@H]1C. The number of rotatable bonds is 11. The van der Waals surface area contributed by atoms with Gasteiger partial charge in [-0.2, -0.15) is 0 Å². The average molecular weight is 443 g/mol. The number of cyclic esters (lactones) is 1. The summed E-state index contributed by atoms with van der Waals surface area (Å²) in [7, 11) is 0. The van der Waals surface area contributed by atoms with E-state index in [-0.39, 0.29) is 24.3 Å². The number of carbonyl (C=O) groups excluding carboxylic acids is 4. The molecule has 32 heavy (non-hydrogen) atoms. The first-order valence-electron chi connectivity index (χ1n) is 10.9. The molecule has 0 aliphatic carbocycles. The van der Waals surface area contributed by atoms with E-state index < -0.39 is 24.0 Å². The maximum Gasteiger partial charge on any atom is 0.332 e. The van der Waals surface area contributed by atoms with Gasteiger partial charge < -0.3 is 25.7 Å². The number of ether oxygens (including phenoxy) is 1. The minimum atomic E-state index is -0.818. The van der Waals surface area contributed by atoms with Gasteiger partial charge in [0.25, 0.3) is 0 Å². The lowest BCUT2D eigenvalue weighted by molar-refractivity contribution is -0.176. The van der Waals surface area contributed by atoms with Crippen molar-refractivity contribution in [3.63, 3.8) is 0 Å². The molecule has 2 heterocycles. The molecule has 1 saturated heterocycles. The monoisotopic (exact) mass is 442 g/mol. The summed E-state index contributed by atoms with van der Waals surface area (Å²) in [6.07, 6.45) is 4.24. The molecule has 3 amide bonds. The van der Waals surface area contributed by atoms with E-state index in [0.29, 0.717) is 19.4 Å². The van der Waals surface area contributed by atoms with Gasteiger partial charge in [0.1, 0.15) is 12.1 Å². The molecule has 0 radical (unpaired) electrons. The number of aromatic nitrogens is 1. The molecule has 9 nitrogen and oxygen atoms in total. The second kappa shape index (κ2) is 10.8. The molecule has 9 heteroatoms. The van der Waals surface area contributed by atoms with Crippen LogP contribution in [0.5, 0.6) is 0 Å². The zero-order valence-electron chi connectivity index (χ0n) is 18.4. The summed E-state index contributed by atoms with van der Waals surface area (Å²) in [6.45, 7) is 3.76. The number of nitrogens with one attached hydrogen (secondary N) is 4. The van der Waals surface area contributed by atoms with Crippen molar-refractivity contribution in [1.82, 2.24) is 20.9 Å². The number of esters is 1. The highest BCUT2D eigenvalue weighted by Crippen LogP contribution is 2.20. The van der Waals surface area contributed by atoms with Gasteiger partial charge >= 0.3 is 5.97 Å². The number of hydrogen-bond acceptors (Lipinski definition) is 5. The summed E-state index contributed by atoms with van der Waals surface area (Å²) < 4.78 is 4.90. The Hall–Kier alpha value is -3.36. The number of benzene rings is 1. The van der Waals surface area contributed by atoms with E-state index in [1.54, 1.807) is 6.92 Å². The van der Waals surface area contributed by atoms with Crippen LogP contribution >= 0.6 is 0 Å². The summed E-state index contributed by atoms with van der Waals surface area (Å²) in [4.78, 5) is 51.1. The minimum absolute atomic E-state index is 0.0708. The Morgan fingerprint density at radius 1 is 1.16 bits per heavy atom. The van der Waals surface area contributed by atoms with Gasteiger partial charge in [0, 0.05) is 43.4 Å². The highest BCUT2D eigenvalue weighted by molar-refractivity contribution is 5.93. The fourth-order valence-electron chi connectivity index (χ4n) is 3.72. The standard InChI is InChI=1S/C23H30N4O5/c1-14-21(23(31)32-14)27-22(30)19(12-16-13-25-18-9-6-5-8-17(16)18)26-20(29)10-4-3-7-11-24-15(2)28/h5-6,8-9,13-14,19,21,25H,3-4,7,10-12H2,1-2H3,(H,24,28)(H,26,29)(H,27,30)/t14-,19+,21+/m1/s1. The van der Waals surface area contributed by atoms with E-state index in [0.717, 1.165) is 29.3 Å². The molecule has 1 aliphatic heterocycles. The van der Waals surface area contributed by atoms with Crippen LogP contribution in [0, 0.1) is 0 Å². The molecular formula is C23H30N4O5. The molecule has 1 aliphatic rings. The van der Waals surface area contributed by atoms with Crippen molar-refractivity contribution >= 4 is 34.6 Å². The van der Waals surface area contributed by atoms with E-state index in [2.05, 4.69) is 20.9 Å². The normalized spacial score (nSPS) is 18.4. The van der Waals surface area contributed by atoms with Gasteiger partial charge in [-0.3, -0.25) is 14.4 Å². The van der Waals surface area contributed by atoms with E-state index >= 15 is 0 Å². The maximum atomic E-state index is 12.9. The van der Waals surface area contributed by atoms with Gasteiger partial charge in [0.05, 0.1) is 0 Å². The largest absolute Gasteiger partial charge is 0.458 e. The molecule has 0 saturated carbocycles. The molecular weight excluding hydrogens is 412 g/mol. The number of carbonyl (C=O) groups is 4. The van der Waals surface area contributed by atoms with Gasteiger partial charge in [-0.05, 0) is 31.4 Å². The molecule has 4 N–H and O–H groups in total. The summed E-state index contributed by atoms with van der Waals surface area (Å²) >= 11 is 0. The lowest BCUT2D eigenvalue weighted by Gasteiger charge is -2.33. The number of fused-ring (bicyclic) bond motifs is 1. The number of unbranched alkanes of at least 4 members (excludes halogenated alkanes) is 2. The third-order valence-electron chi connectivity index (χ3n) is 5.53. The molecule has 2 aromatic rings. The molecule has 1 aromatic carbocycles. The molecule has 0 bridgehead atoms. The molecule has 3 atom stereocenters. The summed E-state index contributed by atoms with van der Waals surface area (Å²) in [6, 6.07) is 6.22. The van der Waals surface area contributed by atoms with Crippen LogP contribution < -0.4 is 16.0 Å². The fourth-order valence-corrected chi connectivity index (χ4v) is 3.72. The van der Waals surface area contributed by atoms with Crippen molar-refractivity contribution in [2.24, 2.45) is 0 Å². The van der Waals surface area contributed by atoms with Crippen LogP contribution in [0.15, 0.2) is 30.5 Å². The highest BCUT2D eigenvalue weighted by atomic mass is 16.6. The van der Waals surface area contributed by atoms with Crippen LogP contribution in [-0.4, -0.2) is 53.4 Å². The molecule has 1 fully saturated rings. The van der Waals surface area contributed by atoms with Crippen LogP contribution in [0.2, 0.25) is 0 Å². The zero-order chi connectivity index (χ0) is 23.1. The van der Waals surface area contributed by atoms with Crippen molar-refractivity contribution in [2.45, 2.75) is 64.1 Å². The summed E-state index contributed by atoms with van der Waals surface area (Å²) in [5.41, 5.74) is 1.85. The van der Waals surface area contributed by atoms with Gasteiger partial charge in [0.15, 0.2) is 6.04 Å². The first kappa shape index (κ1) is 23.3. The average Bonchev–Trinajstić information content (AvgIpc) is 3.16. The van der Waals surface area contributed by atoms with Crippen molar-refractivity contribution in [3.8, 4) is 0 Å². The summed E-state index contributed by atoms with van der Waals surface area (Å²) in [5, 5.41) is 9.23. The van der Waals surface area contributed by atoms with Crippen molar-refractivity contribution in [1.29, 1.82) is 0 Å². The van der Waals surface area contributed by atoms with Crippen LogP contribution in [0.3, 0.4) is 0 Å². The molecule has 0 spiro atoms. The summed E-state index contributed by atoms with van der Waals surface area (Å²) in [5.74, 6) is -1.18. The lowest BCUT2D eigenvalue weighted by atomic mass is 10.0. The molecule has 172 valence electrons. The van der Waals surface area contributed by atoms with Crippen LogP contribution in [0.4, 0.5) is 0 Å². The Bertz CT molecular complexity index is 986. The molecule has 1 aromatic heterocycles. The quantitative estimate of drug-likeness (QED) is 0.308. The highest BCUT2D eigenvalue weighted by Gasteiger charge is 2.41. The number of H-pyrrole nitrogens is 1. The third-order valence-corrected chi connectivity index (χ3v) is 5.53. The predicted molar refractivity (Wildman–Crippen MR) is 119 cm³/mol. The Morgan fingerprint density at radius 2 is 1.94 bits per heavy atom. The smallest absolute Gasteiger partial charge is 0.332 e. The van der Waals surface area contributed by atoms with E-state index in [1.807, 2.05) is 30.5 Å². The van der Waals surface area contributed by atoms with Crippen LogP contribution in [-0.2, 0) is 30.3 Å². The number of para-hydroxylation sites is 1. The third kappa shape index (κ3) is 6.09. The van der Waals surface area contributed by atoms with E-state index in [9.17, 15) is 19.2 Å². The number of hydrogen-bond donors (Lipinski definition) is 4. The molecule has 3 rings (SSSR count). The topological polar surface area (TPSA) is 129 Å². The van der Waals surface area contributed by atoms with Gasteiger partial charge in [-0.1, -0.05) is 24.6 Å². The minimum Gasteiger partial charge on any atom is -0.458 e. The Labute approximate surface area is 186 Å². The maximum absolute atomic E-state index is 12.9. The van der Waals surface area contributed by atoms with Crippen molar-refractivity contribution in [2.75, 3.05) is 6.54 Å². The van der Waals surface area contributed by atoms with Gasteiger partial charge in [0.2, 0.25) is 17.7 Å². The van der Waals surface area contributed by atoms with Crippen LogP contribution in [0.25, 0.3) is 10.9 Å². The Kier molecular flexibility index (Phi) is 7.86. The molecule has 0 unspecified atom stereocenters. The van der Waals surface area contributed by atoms with E-state index in [4.69, 9.17) is 4.74 Å².